The maximum absolute atomic E-state index is 13.0. The Bertz CT molecular complexity index is 1020. The molecule has 0 aliphatic carbocycles. The van der Waals surface area contributed by atoms with Crippen molar-refractivity contribution >= 4 is 17.4 Å². The topological polar surface area (TPSA) is 92.2 Å². The van der Waals surface area contributed by atoms with Gasteiger partial charge in [0.05, 0.1) is 11.6 Å². The molecule has 4 rings (SSSR count). The average Bonchev–Trinajstić information content (AvgIpc) is 3.03. The summed E-state index contributed by atoms with van der Waals surface area (Å²) in [6.45, 7) is 2.02. The minimum absolute atomic E-state index is 0.0551. The fourth-order valence-electron chi connectivity index (χ4n) is 3.90. The molecular weight excluding hydrogens is 398 g/mol. The van der Waals surface area contributed by atoms with Crippen molar-refractivity contribution in [2.45, 2.75) is 12.5 Å². The highest BCUT2D eigenvalue weighted by atomic mass is 16.6. The van der Waals surface area contributed by atoms with E-state index in [1.54, 1.807) is 42.7 Å². The van der Waals surface area contributed by atoms with Crippen molar-refractivity contribution in [2.24, 2.45) is 0 Å². The lowest BCUT2D eigenvalue weighted by Crippen LogP contribution is -2.32. The number of hydrogen-bond acceptors (Lipinski definition) is 7. The number of aliphatic hydroxyl groups is 1. The molecule has 2 aliphatic heterocycles. The van der Waals surface area contributed by atoms with Crippen molar-refractivity contribution in [3.8, 4) is 11.5 Å². The Hall–Kier alpha value is -3.39. The van der Waals surface area contributed by atoms with Gasteiger partial charge in [-0.1, -0.05) is 6.07 Å². The number of ether oxygens (including phenoxy) is 2. The summed E-state index contributed by atoms with van der Waals surface area (Å²) < 4.78 is 11.1. The van der Waals surface area contributed by atoms with E-state index in [1.807, 2.05) is 19.0 Å². The van der Waals surface area contributed by atoms with Crippen LogP contribution in [0.5, 0.6) is 11.5 Å². The summed E-state index contributed by atoms with van der Waals surface area (Å²) in [6, 6.07) is 7.82. The highest BCUT2D eigenvalue weighted by molar-refractivity contribution is 6.46. The molecule has 1 amide bonds. The lowest BCUT2D eigenvalue weighted by molar-refractivity contribution is -0.139. The Morgan fingerprint density at radius 1 is 1.19 bits per heavy atom. The van der Waals surface area contributed by atoms with Crippen LogP contribution in [0.25, 0.3) is 5.76 Å². The molecule has 0 unspecified atom stereocenters. The van der Waals surface area contributed by atoms with Crippen LogP contribution in [0, 0.1) is 0 Å². The van der Waals surface area contributed by atoms with Crippen LogP contribution in [0.1, 0.15) is 23.6 Å². The first-order valence-electron chi connectivity index (χ1n) is 10.2. The molecule has 1 aromatic heterocycles. The van der Waals surface area contributed by atoms with E-state index >= 15 is 0 Å². The van der Waals surface area contributed by atoms with Crippen molar-refractivity contribution < 1.29 is 24.2 Å². The van der Waals surface area contributed by atoms with Gasteiger partial charge in [0.25, 0.3) is 11.7 Å². The molecule has 2 aliphatic rings. The Labute approximate surface area is 180 Å². The van der Waals surface area contributed by atoms with Gasteiger partial charge in [0, 0.05) is 24.5 Å². The predicted molar refractivity (Wildman–Crippen MR) is 114 cm³/mol. The van der Waals surface area contributed by atoms with Crippen LogP contribution in [0.15, 0.2) is 48.3 Å². The number of benzene rings is 1. The Kier molecular flexibility index (Phi) is 5.90. The van der Waals surface area contributed by atoms with Gasteiger partial charge < -0.3 is 24.4 Å². The molecule has 31 heavy (non-hydrogen) atoms. The minimum Gasteiger partial charge on any atom is -0.507 e. The van der Waals surface area contributed by atoms with Gasteiger partial charge in [-0.15, -0.1) is 0 Å². The summed E-state index contributed by atoms with van der Waals surface area (Å²) in [5, 5.41) is 11.1. The number of rotatable bonds is 6. The van der Waals surface area contributed by atoms with Crippen molar-refractivity contribution in [3.05, 3.63) is 59.4 Å². The van der Waals surface area contributed by atoms with Gasteiger partial charge in [0.15, 0.2) is 11.5 Å². The predicted octanol–water partition coefficient (Wildman–Crippen LogP) is 2.23. The Morgan fingerprint density at radius 2 is 1.97 bits per heavy atom. The molecule has 0 spiro atoms. The highest BCUT2D eigenvalue weighted by Gasteiger charge is 2.46. The Balaban J connectivity index is 1.76. The first kappa shape index (κ1) is 20.9. The lowest BCUT2D eigenvalue weighted by Gasteiger charge is -2.25. The standard InChI is InChI=1S/C23H25N3O5/c1-25(2)9-4-10-26-20(16-5-3-8-24-14-16)19(22(28)23(26)29)21(27)15-6-7-17-18(13-15)31-12-11-30-17/h3,5-8,13-14,20,27H,4,9-12H2,1-2H3/t20-/m0/s1. The van der Waals surface area contributed by atoms with Crippen molar-refractivity contribution in [2.75, 3.05) is 40.4 Å². The number of amides is 1. The van der Waals surface area contributed by atoms with E-state index in [0.29, 0.717) is 48.8 Å². The minimum atomic E-state index is -0.705. The van der Waals surface area contributed by atoms with Crippen molar-refractivity contribution in [1.29, 1.82) is 0 Å². The van der Waals surface area contributed by atoms with Gasteiger partial charge in [0.2, 0.25) is 0 Å². The fourth-order valence-corrected chi connectivity index (χ4v) is 3.90. The van der Waals surface area contributed by atoms with Gasteiger partial charge in [-0.3, -0.25) is 14.6 Å². The zero-order valence-electron chi connectivity index (χ0n) is 17.6. The fraction of sp³-hybridized carbons (Fsp3) is 0.348. The molecule has 2 aromatic rings. The maximum atomic E-state index is 13.0. The first-order chi connectivity index (χ1) is 15.0. The first-order valence-corrected chi connectivity index (χ1v) is 10.2. The molecule has 0 saturated carbocycles. The van der Waals surface area contributed by atoms with Crippen LogP contribution in [-0.4, -0.2) is 72.0 Å². The molecular formula is C23H25N3O5. The molecule has 1 aromatic carbocycles. The SMILES string of the molecule is CN(C)CCCN1C(=O)C(=O)C(=C(O)c2ccc3c(c2)OCCO3)[C@@H]1c1cccnc1. The van der Waals surface area contributed by atoms with Gasteiger partial charge in [0.1, 0.15) is 19.0 Å². The second kappa shape index (κ2) is 8.77. The maximum Gasteiger partial charge on any atom is 0.295 e. The van der Waals surface area contributed by atoms with Crippen molar-refractivity contribution in [1.82, 2.24) is 14.8 Å². The van der Waals surface area contributed by atoms with Gasteiger partial charge in [-0.2, -0.15) is 0 Å². The number of fused-ring (bicyclic) bond motifs is 1. The number of Topliss-reactive ketones (excluding diaryl/α,β-unsaturated/α-hetero) is 1. The summed E-state index contributed by atoms with van der Waals surface area (Å²) in [5.74, 6) is -0.485. The van der Waals surface area contributed by atoms with Crippen LogP contribution >= 0.6 is 0 Å². The van der Waals surface area contributed by atoms with Crippen molar-refractivity contribution in [3.63, 3.8) is 0 Å². The second-order valence-electron chi connectivity index (χ2n) is 7.79. The van der Waals surface area contributed by atoms with Crippen LogP contribution < -0.4 is 9.47 Å². The number of carbonyl (C=O) groups is 2. The number of aromatic nitrogens is 1. The summed E-state index contributed by atoms with van der Waals surface area (Å²) in [4.78, 5) is 33.6. The number of hydrogen-bond donors (Lipinski definition) is 1. The summed E-state index contributed by atoms with van der Waals surface area (Å²) >= 11 is 0. The van der Waals surface area contributed by atoms with E-state index in [1.165, 1.54) is 4.90 Å². The van der Waals surface area contributed by atoms with E-state index in [9.17, 15) is 14.7 Å². The number of ketones is 1. The van der Waals surface area contributed by atoms with Gasteiger partial charge in [-0.05, 0) is 56.9 Å². The van der Waals surface area contributed by atoms with Crippen LogP contribution in [0.3, 0.4) is 0 Å². The third-order valence-electron chi connectivity index (χ3n) is 5.36. The van der Waals surface area contributed by atoms with Crippen LogP contribution in [-0.2, 0) is 9.59 Å². The molecule has 3 heterocycles. The normalized spacial score (nSPS) is 19.8. The van der Waals surface area contributed by atoms with Crippen LogP contribution in [0.2, 0.25) is 0 Å². The van der Waals surface area contributed by atoms with E-state index in [0.717, 1.165) is 6.54 Å². The molecule has 1 N–H and O–H groups in total. The summed E-state index contributed by atoms with van der Waals surface area (Å²) in [7, 11) is 3.91. The Morgan fingerprint density at radius 3 is 2.68 bits per heavy atom. The third-order valence-corrected chi connectivity index (χ3v) is 5.36. The summed E-state index contributed by atoms with van der Waals surface area (Å²) in [5.41, 5.74) is 1.12. The number of pyridine rings is 1. The molecule has 0 radical (unpaired) electrons. The lowest BCUT2D eigenvalue weighted by atomic mass is 9.96. The van der Waals surface area contributed by atoms with E-state index in [-0.39, 0.29) is 11.3 Å². The third kappa shape index (κ3) is 4.11. The largest absolute Gasteiger partial charge is 0.507 e. The molecule has 1 fully saturated rings. The number of aliphatic hydroxyl groups excluding tert-OH is 1. The zero-order chi connectivity index (χ0) is 22.0. The molecule has 8 nitrogen and oxygen atoms in total. The number of nitrogens with zero attached hydrogens (tertiary/aromatic N) is 3. The average molecular weight is 423 g/mol. The number of likely N-dealkylation sites (tertiary alicyclic amines) is 1. The molecule has 8 heteroatoms. The molecule has 162 valence electrons. The highest BCUT2D eigenvalue weighted by Crippen LogP contribution is 2.40. The van der Waals surface area contributed by atoms with E-state index in [2.05, 4.69) is 4.98 Å². The van der Waals surface area contributed by atoms with E-state index < -0.39 is 17.7 Å². The monoisotopic (exact) mass is 423 g/mol. The molecule has 0 bridgehead atoms. The quantitative estimate of drug-likeness (QED) is 0.433. The zero-order valence-corrected chi connectivity index (χ0v) is 17.6. The van der Waals surface area contributed by atoms with Gasteiger partial charge in [-0.25, -0.2) is 0 Å². The van der Waals surface area contributed by atoms with Gasteiger partial charge >= 0.3 is 0 Å². The second-order valence-corrected chi connectivity index (χ2v) is 7.79. The smallest absolute Gasteiger partial charge is 0.295 e. The van der Waals surface area contributed by atoms with Crippen LogP contribution in [0.4, 0.5) is 0 Å². The van der Waals surface area contributed by atoms with E-state index in [4.69, 9.17) is 9.47 Å². The molecule has 1 saturated heterocycles. The molecule has 1 atom stereocenters. The number of carbonyl (C=O) groups excluding carboxylic acids is 2. The summed E-state index contributed by atoms with van der Waals surface area (Å²) in [6.07, 6.45) is 3.94.